The maximum absolute atomic E-state index is 5.79. The number of nitrogen functional groups attached to an aromatic ring is 1. The number of rotatable bonds is 5. The molecule has 3 N–H and O–H groups in total. The van der Waals surface area contributed by atoms with Crippen molar-refractivity contribution in [3.05, 3.63) is 41.5 Å². The lowest BCUT2D eigenvalue weighted by molar-refractivity contribution is 0.836. The molecule has 0 fully saturated rings. The van der Waals surface area contributed by atoms with Crippen molar-refractivity contribution in [2.75, 3.05) is 11.1 Å². The zero-order valence-corrected chi connectivity index (χ0v) is 11.3. The molecule has 2 aromatic rings. The lowest BCUT2D eigenvalue weighted by Gasteiger charge is -2.09. The summed E-state index contributed by atoms with van der Waals surface area (Å²) in [6, 6.07) is 3.76. The van der Waals surface area contributed by atoms with Crippen LogP contribution >= 0.6 is 0 Å². The first kappa shape index (κ1) is 13.3. The molecule has 2 aromatic heterocycles. The minimum atomic E-state index is 0.507. The van der Waals surface area contributed by atoms with Gasteiger partial charge in [-0.15, -0.1) is 0 Å². The number of aryl methyl sites for hydroxylation is 2. The van der Waals surface area contributed by atoms with Gasteiger partial charge < -0.3 is 11.1 Å². The van der Waals surface area contributed by atoms with Crippen LogP contribution in [-0.4, -0.2) is 15.0 Å². The molecule has 0 saturated carbocycles. The Labute approximate surface area is 113 Å². The smallest absolute Gasteiger partial charge is 0.133 e. The van der Waals surface area contributed by atoms with Crippen LogP contribution in [0.1, 0.15) is 30.3 Å². The summed E-state index contributed by atoms with van der Waals surface area (Å²) in [6.07, 6.45) is 5.50. The molecular weight excluding hydrogens is 238 g/mol. The summed E-state index contributed by atoms with van der Waals surface area (Å²) >= 11 is 0. The third-order valence-corrected chi connectivity index (χ3v) is 2.86. The minimum absolute atomic E-state index is 0.507. The first-order chi connectivity index (χ1) is 9.19. The van der Waals surface area contributed by atoms with Crippen LogP contribution < -0.4 is 11.1 Å². The van der Waals surface area contributed by atoms with Crippen molar-refractivity contribution in [2.45, 2.75) is 33.2 Å². The predicted octanol–water partition coefficient (Wildman–Crippen LogP) is 2.33. The van der Waals surface area contributed by atoms with E-state index in [1.165, 1.54) is 5.56 Å². The molecule has 5 nitrogen and oxygen atoms in total. The molecule has 0 aliphatic rings. The zero-order valence-electron chi connectivity index (χ0n) is 11.3. The standard InChI is InChI=1S/C14H19N5/c1-3-4-13-18-12(15)7-14(19-13)17-9-11-5-6-16-8-10(11)2/h5-8H,3-4,9H2,1-2H3,(H3,15,17,18,19). The Hall–Kier alpha value is -2.17. The number of nitrogens with two attached hydrogens (primary N) is 1. The van der Waals surface area contributed by atoms with Gasteiger partial charge in [-0.25, -0.2) is 9.97 Å². The van der Waals surface area contributed by atoms with Crippen molar-refractivity contribution in [3.8, 4) is 0 Å². The Bertz CT molecular complexity index is 553. The summed E-state index contributed by atoms with van der Waals surface area (Å²) in [7, 11) is 0. The molecule has 0 saturated heterocycles. The van der Waals surface area contributed by atoms with Gasteiger partial charge in [0.15, 0.2) is 0 Å². The first-order valence-corrected chi connectivity index (χ1v) is 6.46. The first-order valence-electron chi connectivity index (χ1n) is 6.46. The van der Waals surface area contributed by atoms with E-state index in [4.69, 9.17) is 5.73 Å². The van der Waals surface area contributed by atoms with Crippen LogP contribution in [0.3, 0.4) is 0 Å². The SMILES string of the molecule is CCCc1nc(N)cc(NCc2ccncc2C)n1. The summed E-state index contributed by atoms with van der Waals surface area (Å²) in [5, 5.41) is 3.28. The molecule has 2 heterocycles. The summed E-state index contributed by atoms with van der Waals surface area (Å²) in [4.78, 5) is 12.7. The molecule has 0 aliphatic heterocycles. The van der Waals surface area contributed by atoms with Crippen molar-refractivity contribution in [1.29, 1.82) is 0 Å². The van der Waals surface area contributed by atoms with Gasteiger partial charge in [0.1, 0.15) is 17.5 Å². The molecule has 0 radical (unpaired) electrons. The van der Waals surface area contributed by atoms with E-state index in [9.17, 15) is 0 Å². The molecule has 0 bridgehead atoms. The second kappa shape index (κ2) is 6.13. The molecule has 0 aliphatic carbocycles. The van der Waals surface area contributed by atoms with Crippen molar-refractivity contribution in [1.82, 2.24) is 15.0 Å². The number of anilines is 2. The van der Waals surface area contributed by atoms with E-state index in [0.717, 1.165) is 30.0 Å². The van der Waals surface area contributed by atoms with Crippen LogP contribution in [0, 0.1) is 6.92 Å². The molecule has 5 heteroatoms. The highest BCUT2D eigenvalue weighted by atomic mass is 15.0. The highest BCUT2D eigenvalue weighted by Gasteiger charge is 2.03. The van der Waals surface area contributed by atoms with Gasteiger partial charge in [0.05, 0.1) is 0 Å². The largest absolute Gasteiger partial charge is 0.384 e. The van der Waals surface area contributed by atoms with Gasteiger partial charge in [0.2, 0.25) is 0 Å². The van der Waals surface area contributed by atoms with Crippen molar-refractivity contribution in [2.24, 2.45) is 0 Å². The third-order valence-electron chi connectivity index (χ3n) is 2.86. The fourth-order valence-electron chi connectivity index (χ4n) is 1.83. The van der Waals surface area contributed by atoms with Crippen LogP contribution in [0.15, 0.2) is 24.5 Å². The molecule has 2 rings (SSSR count). The number of aromatic nitrogens is 3. The van der Waals surface area contributed by atoms with Gasteiger partial charge in [0.25, 0.3) is 0 Å². The quantitative estimate of drug-likeness (QED) is 0.859. The third kappa shape index (κ3) is 3.64. The van der Waals surface area contributed by atoms with Gasteiger partial charge in [-0.05, 0) is 30.5 Å². The van der Waals surface area contributed by atoms with Gasteiger partial charge >= 0.3 is 0 Å². The molecule has 0 unspecified atom stereocenters. The lowest BCUT2D eigenvalue weighted by atomic mass is 10.1. The lowest BCUT2D eigenvalue weighted by Crippen LogP contribution is -2.07. The Morgan fingerprint density at radius 3 is 2.89 bits per heavy atom. The van der Waals surface area contributed by atoms with E-state index < -0.39 is 0 Å². The normalized spacial score (nSPS) is 10.4. The van der Waals surface area contributed by atoms with Crippen LogP contribution in [0.25, 0.3) is 0 Å². The number of nitrogens with one attached hydrogen (secondary N) is 1. The molecule has 100 valence electrons. The van der Waals surface area contributed by atoms with E-state index in [2.05, 4.69) is 27.2 Å². The predicted molar refractivity (Wildman–Crippen MR) is 76.7 cm³/mol. The van der Waals surface area contributed by atoms with Gasteiger partial charge in [-0.3, -0.25) is 4.98 Å². The molecule has 0 amide bonds. The second-order valence-electron chi connectivity index (χ2n) is 4.50. The van der Waals surface area contributed by atoms with E-state index in [1.807, 2.05) is 19.2 Å². The molecule has 0 spiro atoms. The van der Waals surface area contributed by atoms with Crippen LogP contribution in [-0.2, 0) is 13.0 Å². The Balaban J connectivity index is 2.09. The van der Waals surface area contributed by atoms with Crippen molar-refractivity contribution >= 4 is 11.6 Å². The zero-order chi connectivity index (χ0) is 13.7. The average Bonchev–Trinajstić information content (AvgIpc) is 2.37. The average molecular weight is 257 g/mol. The second-order valence-corrected chi connectivity index (χ2v) is 4.50. The van der Waals surface area contributed by atoms with Gasteiger partial charge in [0, 0.05) is 31.4 Å². The topological polar surface area (TPSA) is 76.7 Å². The molecule has 19 heavy (non-hydrogen) atoms. The minimum Gasteiger partial charge on any atom is -0.384 e. The van der Waals surface area contributed by atoms with Crippen LogP contribution in [0.2, 0.25) is 0 Å². The summed E-state index contributed by atoms with van der Waals surface area (Å²) in [5.41, 5.74) is 8.14. The van der Waals surface area contributed by atoms with E-state index in [0.29, 0.717) is 12.4 Å². The van der Waals surface area contributed by atoms with Gasteiger partial charge in [-0.1, -0.05) is 6.92 Å². The monoisotopic (exact) mass is 257 g/mol. The summed E-state index contributed by atoms with van der Waals surface area (Å²) < 4.78 is 0. The van der Waals surface area contributed by atoms with Crippen molar-refractivity contribution in [3.63, 3.8) is 0 Å². The van der Waals surface area contributed by atoms with Crippen molar-refractivity contribution < 1.29 is 0 Å². The molecular formula is C14H19N5. The number of hydrogen-bond donors (Lipinski definition) is 2. The van der Waals surface area contributed by atoms with Crippen LogP contribution in [0.5, 0.6) is 0 Å². The highest BCUT2D eigenvalue weighted by Crippen LogP contribution is 2.12. The van der Waals surface area contributed by atoms with E-state index >= 15 is 0 Å². The Morgan fingerprint density at radius 1 is 1.32 bits per heavy atom. The Kier molecular flexibility index (Phi) is 4.28. The molecule has 0 aromatic carbocycles. The number of nitrogens with zero attached hydrogens (tertiary/aromatic N) is 3. The summed E-state index contributed by atoms with van der Waals surface area (Å²) in [6.45, 7) is 4.84. The fraction of sp³-hybridized carbons (Fsp3) is 0.357. The fourth-order valence-corrected chi connectivity index (χ4v) is 1.83. The number of hydrogen-bond acceptors (Lipinski definition) is 5. The Morgan fingerprint density at radius 2 is 2.16 bits per heavy atom. The highest BCUT2D eigenvalue weighted by molar-refractivity contribution is 5.45. The maximum Gasteiger partial charge on any atom is 0.133 e. The van der Waals surface area contributed by atoms with E-state index in [-0.39, 0.29) is 0 Å². The maximum atomic E-state index is 5.79. The molecule has 0 atom stereocenters. The summed E-state index contributed by atoms with van der Waals surface area (Å²) in [5.74, 6) is 2.07. The van der Waals surface area contributed by atoms with Crippen LogP contribution in [0.4, 0.5) is 11.6 Å². The van der Waals surface area contributed by atoms with Gasteiger partial charge in [-0.2, -0.15) is 0 Å². The number of pyridine rings is 1. The van der Waals surface area contributed by atoms with E-state index in [1.54, 1.807) is 12.3 Å².